The topological polar surface area (TPSA) is 37.4 Å². The van der Waals surface area contributed by atoms with Crippen molar-refractivity contribution in [1.29, 1.82) is 0 Å². The number of nitrogens with zero attached hydrogens (tertiary/aromatic N) is 1. The predicted octanol–water partition coefficient (Wildman–Crippen LogP) is 3.42. The molecule has 2 rings (SSSR count). The molecule has 4 heteroatoms. The second-order valence-electron chi connectivity index (χ2n) is 5.22. The van der Waals surface area contributed by atoms with Crippen molar-refractivity contribution in [3.05, 3.63) is 28.7 Å². The molecule has 1 heterocycles. The number of carbonyl (C=O) groups excluding carboxylic acids is 2. The third kappa shape index (κ3) is 3.06. The summed E-state index contributed by atoms with van der Waals surface area (Å²) < 4.78 is 0.940. The highest BCUT2D eigenvalue weighted by atomic mass is 79.9. The average Bonchev–Trinajstić information content (AvgIpc) is 2.38. The zero-order chi connectivity index (χ0) is 14.0. The van der Waals surface area contributed by atoms with Gasteiger partial charge in [0.25, 0.3) is 0 Å². The molecule has 1 saturated heterocycles. The molecule has 0 spiro atoms. The highest BCUT2D eigenvalue weighted by molar-refractivity contribution is 9.10. The van der Waals surface area contributed by atoms with Crippen LogP contribution in [0.3, 0.4) is 0 Å². The van der Waals surface area contributed by atoms with E-state index in [0.717, 1.165) is 16.6 Å². The number of anilines is 1. The van der Waals surface area contributed by atoms with Gasteiger partial charge in [-0.25, -0.2) is 0 Å². The lowest BCUT2D eigenvalue weighted by Crippen LogP contribution is -2.45. The Morgan fingerprint density at radius 3 is 2.79 bits per heavy atom. The summed E-state index contributed by atoms with van der Waals surface area (Å²) >= 11 is 3.41. The van der Waals surface area contributed by atoms with Crippen LogP contribution in [0.5, 0.6) is 0 Å². The number of carbonyl (C=O) groups is 2. The van der Waals surface area contributed by atoms with Crippen molar-refractivity contribution in [2.45, 2.75) is 26.7 Å². The van der Waals surface area contributed by atoms with Crippen LogP contribution < -0.4 is 4.90 Å². The molecule has 1 atom stereocenters. The molecule has 0 aliphatic carbocycles. The maximum absolute atomic E-state index is 12.5. The van der Waals surface area contributed by atoms with Crippen LogP contribution in [0.2, 0.25) is 0 Å². The van der Waals surface area contributed by atoms with Gasteiger partial charge in [-0.3, -0.25) is 9.59 Å². The van der Waals surface area contributed by atoms with Crippen LogP contribution in [0, 0.1) is 11.8 Å². The monoisotopic (exact) mass is 323 g/mol. The summed E-state index contributed by atoms with van der Waals surface area (Å²) in [4.78, 5) is 26.3. The molecular formula is C15H18BrNO2. The average molecular weight is 324 g/mol. The molecule has 1 aliphatic heterocycles. The van der Waals surface area contributed by atoms with Crippen molar-refractivity contribution in [2.75, 3.05) is 11.4 Å². The van der Waals surface area contributed by atoms with Crippen molar-refractivity contribution < 1.29 is 9.59 Å². The number of hydrogen-bond donors (Lipinski definition) is 0. The molecule has 19 heavy (non-hydrogen) atoms. The van der Waals surface area contributed by atoms with E-state index in [1.54, 1.807) is 4.90 Å². The van der Waals surface area contributed by atoms with Gasteiger partial charge in [-0.1, -0.05) is 35.8 Å². The minimum Gasteiger partial charge on any atom is -0.312 e. The molecule has 0 N–H and O–H groups in total. The van der Waals surface area contributed by atoms with Gasteiger partial charge in [0.1, 0.15) is 5.78 Å². The predicted molar refractivity (Wildman–Crippen MR) is 79.1 cm³/mol. The molecule has 0 unspecified atom stereocenters. The van der Waals surface area contributed by atoms with E-state index in [-0.39, 0.29) is 17.6 Å². The molecule has 1 amide bonds. The van der Waals surface area contributed by atoms with E-state index in [9.17, 15) is 9.59 Å². The highest BCUT2D eigenvalue weighted by Gasteiger charge is 2.35. The van der Waals surface area contributed by atoms with Crippen LogP contribution in [0.4, 0.5) is 5.69 Å². The summed E-state index contributed by atoms with van der Waals surface area (Å²) in [5, 5.41) is 0. The Morgan fingerprint density at radius 2 is 2.16 bits per heavy atom. The largest absolute Gasteiger partial charge is 0.312 e. The van der Waals surface area contributed by atoms with Gasteiger partial charge in [-0.15, -0.1) is 0 Å². The molecule has 0 aromatic heterocycles. The Labute approximate surface area is 122 Å². The molecule has 3 nitrogen and oxygen atoms in total. The molecule has 1 aromatic carbocycles. The Kier molecular flexibility index (Phi) is 4.40. The first-order valence-corrected chi connectivity index (χ1v) is 7.40. The lowest BCUT2D eigenvalue weighted by atomic mass is 9.87. The third-order valence-corrected chi connectivity index (χ3v) is 3.96. The lowest BCUT2D eigenvalue weighted by Gasteiger charge is -2.32. The van der Waals surface area contributed by atoms with E-state index in [0.29, 0.717) is 13.0 Å². The van der Waals surface area contributed by atoms with E-state index >= 15 is 0 Å². The molecule has 1 aromatic rings. The number of hydrogen-bond acceptors (Lipinski definition) is 2. The number of benzene rings is 1. The molecule has 0 bridgehead atoms. The number of Topliss-reactive ketones (excluding diaryl/α,β-unsaturated/α-hetero) is 1. The van der Waals surface area contributed by atoms with Crippen molar-refractivity contribution in [3.63, 3.8) is 0 Å². The number of piperidine rings is 1. The van der Waals surface area contributed by atoms with Gasteiger partial charge in [-0.05, 0) is 31.0 Å². The van der Waals surface area contributed by atoms with Gasteiger partial charge in [-0.2, -0.15) is 0 Å². The van der Waals surface area contributed by atoms with Gasteiger partial charge in [0.05, 0.1) is 5.92 Å². The Morgan fingerprint density at radius 1 is 1.42 bits per heavy atom. The molecule has 0 saturated carbocycles. The summed E-state index contributed by atoms with van der Waals surface area (Å²) in [6.45, 7) is 4.40. The summed E-state index contributed by atoms with van der Waals surface area (Å²) in [7, 11) is 0. The summed E-state index contributed by atoms with van der Waals surface area (Å²) in [5.74, 6) is -0.545. The number of halogens is 1. The Bertz CT molecular complexity index is 499. The minimum atomic E-state index is -0.465. The Hall–Kier alpha value is -1.16. The number of rotatable bonds is 3. The van der Waals surface area contributed by atoms with Crippen molar-refractivity contribution >= 4 is 33.3 Å². The normalized spacial score (nSPS) is 19.9. The van der Waals surface area contributed by atoms with E-state index in [4.69, 9.17) is 0 Å². The standard InChI is InChI=1S/C15H18BrNO2/c1-10(2)14(18)13-7-4-8-17(15(13)19)12-6-3-5-11(16)9-12/h3,5-6,9-10,13H,4,7-8H2,1-2H3/t13-/m1/s1. The van der Waals surface area contributed by atoms with Crippen LogP contribution in [-0.4, -0.2) is 18.2 Å². The van der Waals surface area contributed by atoms with E-state index < -0.39 is 5.92 Å². The van der Waals surface area contributed by atoms with E-state index in [1.807, 2.05) is 38.1 Å². The fourth-order valence-corrected chi connectivity index (χ4v) is 2.83. The van der Waals surface area contributed by atoms with Crippen LogP contribution in [-0.2, 0) is 9.59 Å². The first-order valence-electron chi connectivity index (χ1n) is 6.61. The summed E-state index contributed by atoms with van der Waals surface area (Å²) in [5.41, 5.74) is 0.862. The second-order valence-corrected chi connectivity index (χ2v) is 6.14. The zero-order valence-electron chi connectivity index (χ0n) is 11.2. The van der Waals surface area contributed by atoms with Gasteiger partial charge in [0.2, 0.25) is 5.91 Å². The fourth-order valence-electron chi connectivity index (χ4n) is 2.44. The first kappa shape index (κ1) is 14.3. The van der Waals surface area contributed by atoms with Crippen molar-refractivity contribution in [3.8, 4) is 0 Å². The van der Waals surface area contributed by atoms with Gasteiger partial charge >= 0.3 is 0 Å². The minimum absolute atomic E-state index is 0.0527. The smallest absolute Gasteiger partial charge is 0.237 e. The number of amides is 1. The first-order chi connectivity index (χ1) is 9.00. The number of ketones is 1. The molecule has 1 fully saturated rings. The zero-order valence-corrected chi connectivity index (χ0v) is 12.8. The van der Waals surface area contributed by atoms with E-state index in [1.165, 1.54) is 0 Å². The summed E-state index contributed by atoms with van der Waals surface area (Å²) in [6, 6.07) is 7.65. The van der Waals surface area contributed by atoms with Crippen LogP contribution in [0.1, 0.15) is 26.7 Å². The highest BCUT2D eigenvalue weighted by Crippen LogP contribution is 2.28. The van der Waals surface area contributed by atoms with Crippen molar-refractivity contribution in [1.82, 2.24) is 0 Å². The summed E-state index contributed by atoms with van der Waals surface area (Å²) in [6.07, 6.45) is 1.56. The fraction of sp³-hybridized carbons (Fsp3) is 0.467. The maximum atomic E-state index is 12.5. The van der Waals surface area contributed by atoms with Crippen LogP contribution in [0.25, 0.3) is 0 Å². The lowest BCUT2D eigenvalue weighted by molar-refractivity contribution is -0.135. The van der Waals surface area contributed by atoms with Gasteiger partial charge in [0.15, 0.2) is 0 Å². The van der Waals surface area contributed by atoms with E-state index in [2.05, 4.69) is 15.9 Å². The van der Waals surface area contributed by atoms with Gasteiger partial charge < -0.3 is 4.90 Å². The second kappa shape index (κ2) is 5.87. The molecule has 1 aliphatic rings. The molecule has 0 radical (unpaired) electrons. The quantitative estimate of drug-likeness (QED) is 0.799. The third-order valence-electron chi connectivity index (χ3n) is 3.47. The van der Waals surface area contributed by atoms with Crippen LogP contribution >= 0.6 is 15.9 Å². The van der Waals surface area contributed by atoms with Gasteiger partial charge in [0, 0.05) is 22.6 Å². The Balaban J connectivity index is 2.23. The maximum Gasteiger partial charge on any atom is 0.237 e. The van der Waals surface area contributed by atoms with Crippen LogP contribution in [0.15, 0.2) is 28.7 Å². The molecule has 102 valence electrons. The SMILES string of the molecule is CC(C)C(=O)[C@H]1CCCN(c2cccc(Br)c2)C1=O. The molecular weight excluding hydrogens is 306 g/mol. The van der Waals surface area contributed by atoms with Crippen molar-refractivity contribution in [2.24, 2.45) is 11.8 Å².